The Morgan fingerprint density at radius 1 is 1.19 bits per heavy atom. The van der Waals surface area contributed by atoms with Crippen molar-refractivity contribution in [2.24, 2.45) is 0 Å². The molecule has 0 unspecified atom stereocenters. The maximum atomic E-state index is 12.5. The number of carbonyl (C=O) groups is 1. The molecule has 0 aliphatic heterocycles. The van der Waals surface area contributed by atoms with Gasteiger partial charge in [0.05, 0.1) is 18.1 Å². The zero-order valence-electron chi connectivity index (χ0n) is 15.1. The number of nitrogens with zero attached hydrogens (tertiary/aromatic N) is 2. The minimum atomic E-state index is -0.184. The number of rotatable bonds is 5. The van der Waals surface area contributed by atoms with Gasteiger partial charge in [-0.25, -0.2) is 4.98 Å². The lowest BCUT2D eigenvalue weighted by atomic mass is 10.1. The summed E-state index contributed by atoms with van der Waals surface area (Å²) in [4.78, 5) is 28.9. The van der Waals surface area contributed by atoms with E-state index >= 15 is 0 Å². The minimum Gasteiger partial charge on any atom is -0.497 e. The SMILES string of the molecule is CCn1c(=O)c(C)nc2cc(C(=O)NCc3ccc(OC)cc3)ccc21. The third kappa shape index (κ3) is 3.44. The summed E-state index contributed by atoms with van der Waals surface area (Å²) < 4.78 is 6.79. The Morgan fingerprint density at radius 3 is 2.58 bits per heavy atom. The van der Waals surface area contributed by atoms with Gasteiger partial charge >= 0.3 is 0 Å². The molecule has 1 amide bonds. The molecule has 26 heavy (non-hydrogen) atoms. The van der Waals surface area contributed by atoms with E-state index in [2.05, 4.69) is 10.3 Å². The van der Waals surface area contributed by atoms with Crippen molar-refractivity contribution in [2.75, 3.05) is 7.11 Å². The van der Waals surface area contributed by atoms with Gasteiger partial charge in [-0.1, -0.05) is 12.1 Å². The number of amides is 1. The van der Waals surface area contributed by atoms with Crippen LogP contribution in [-0.4, -0.2) is 22.6 Å². The second kappa shape index (κ2) is 7.39. The Morgan fingerprint density at radius 2 is 1.92 bits per heavy atom. The highest BCUT2D eigenvalue weighted by Crippen LogP contribution is 2.14. The lowest BCUT2D eigenvalue weighted by Crippen LogP contribution is -2.25. The van der Waals surface area contributed by atoms with Gasteiger partial charge in [0.25, 0.3) is 11.5 Å². The molecule has 6 nitrogen and oxygen atoms in total. The highest BCUT2D eigenvalue weighted by atomic mass is 16.5. The molecule has 0 saturated heterocycles. The summed E-state index contributed by atoms with van der Waals surface area (Å²) in [5, 5.41) is 2.90. The van der Waals surface area contributed by atoms with E-state index in [0.29, 0.717) is 29.9 Å². The Balaban J connectivity index is 1.82. The summed E-state index contributed by atoms with van der Waals surface area (Å²) >= 11 is 0. The molecule has 3 aromatic rings. The second-order valence-electron chi connectivity index (χ2n) is 5.98. The number of benzene rings is 2. The molecule has 0 saturated carbocycles. The molecule has 0 spiro atoms. The van der Waals surface area contributed by atoms with Crippen LogP contribution in [-0.2, 0) is 13.1 Å². The number of aromatic nitrogens is 2. The third-order valence-electron chi connectivity index (χ3n) is 4.30. The third-order valence-corrected chi connectivity index (χ3v) is 4.30. The first-order chi connectivity index (χ1) is 12.5. The van der Waals surface area contributed by atoms with Crippen molar-refractivity contribution in [1.29, 1.82) is 0 Å². The smallest absolute Gasteiger partial charge is 0.272 e. The van der Waals surface area contributed by atoms with E-state index in [1.165, 1.54) is 0 Å². The average Bonchev–Trinajstić information content (AvgIpc) is 2.67. The molecule has 2 aromatic carbocycles. The van der Waals surface area contributed by atoms with Gasteiger partial charge in [0.2, 0.25) is 0 Å². The average molecular weight is 351 g/mol. The zero-order chi connectivity index (χ0) is 18.7. The fraction of sp³-hybridized carbons (Fsp3) is 0.250. The van der Waals surface area contributed by atoms with Crippen LogP contribution in [0.2, 0.25) is 0 Å². The summed E-state index contributed by atoms with van der Waals surface area (Å²) in [6.07, 6.45) is 0. The van der Waals surface area contributed by atoms with Gasteiger partial charge < -0.3 is 14.6 Å². The summed E-state index contributed by atoms with van der Waals surface area (Å²) in [5.41, 5.74) is 3.19. The van der Waals surface area contributed by atoms with E-state index in [0.717, 1.165) is 16.8 Å². The number of ether oxygens (including phenoxy) is 1. The number of nitrogens with one attached hydrogen (secondary N) is 1. The van der Waals surface area contributed by atoms with Crippen LogP contribution in [0.25, 0.3) is 11.0 Å². The van der Waals surface area contributed by atoms with Crippen molar-refractivity contribution < 1.29 is 9.53 Å². The van der Waals surface area contributed by atoms with Crippen LogP contribution < -0.4 is 15.6 Å². The molecule has 0 bridgehead atoms. The largest absolute Gasteiger partial charge is 0.497 e. The van der Waals surface area contributed by atoms with Crippen molar-refractivity contribution in [3.05, 3.63) is 69.6 Å². The van der Waals surface area contributed by atoms with E-state index in [4.69, 9.17) is 4.74 Å². The summed E-state index contributed by atoms with van der Waals surface area (Å²) in [5.74, 6) is 0.592. The lowest BCUT2D eigenvalue weighted by molar-refractivity contribution is 0.0951. The van der Waals surface area contributed by atoms with Gasteiger partial charge in [0, 0.05) is 18.7 Å². The number of carbonyl (C=O) groups excluding carboxylic acids is 1. The number of fused-ring (bicyclic) bond motifs is 1. The predicted molar refractivity (Wildman–Crippen MR) is 101 cm³/mol. The molecule has 1 aromatic heterocycles. The highest BCUT2D eigenvalue weighted by molar-refractivity contribution is 5.97. The first-order valence-electron chi connectivity index (χ1n) is 8.45. The van der Waals surface area contributed by atoms with Gasteiger partial charge in [-0.05, 0) is 49.7 Å². The number of methoxy groups -OCH3 is 1. The van der Waals surface area contributed by atoms with Crippen LogP contribution in [0, 0.1) is 6.92 Å². The Bertz CT molecular complexity index is 1010. The van der Waals surface area contributed by atoms with E-state index in [9.17, 15) is 9.59 Å². The monoisotopic (exact) mass is 351 g/mol. The molecule has 3 rings (SSSR count). The fourth-order valence-corrected chi connectivity index (χ4v) is 2.86. The van der Waals surface area contributed by atoms with Crippen LogP contribution in [0.5, 0.6) is 5.75 Å². The van der Waals surface area contributed by atoms with Gasteiger partial charge in [0.1, 0.15) is 11.4 Å². The van der Waals surface area contributed by atoms with Crippen LogP contribution in [0.15, 0.2) is 47.3 Å². The topological polar surface area (TPSA) is 73.2 Å². The van der Waals surface area contributed by atoms with Crippen molar-refractivity contribution in [2.45, 2.75) is 26.9 Å². The fourth-order valence-electron chi connectivity index (χ4n) is 2.86. The van der Waals surface area contributed by atoms with Crippen molar-refractivity contribution in [3.63, 3.8) is 0 Å². The van der Waals surface area contributed by atoms with E-state index < -0.39 is 0 Å². The second-order valence-corrected chi connectivity index (χ2v) is 5.98. The molecular formula is C20H21N3O3. The van der Waals surface area contributed by atoms with Gasteiger partial charge in [-0.15, -0.1) is 0 Å². The number of aryl methyl sites for hydroxylation is 2. The summed E-state index contributed by atoms with van der Waals surface area (Å²) in [6.45, 7) is 4.57. The summed E-state index contributed by atoms with van der Waals surface area (Å²) in [6, 6.07) is 12.7. The molecule has 1 N–H and O–H groups in total. The maximum absolute atomic E-state index is 12.5. The molecule has 1 heterocycles. The van der Waals surface area contributed by atoms with Crippen LogP contribution in [0.3, 0.4) is 0 Å². The molecule has 0 aliphatic carbocycles. The van der Waals surface area contributed by atoms with Crippen LogP contribution in [0.1, 0.15) is 28.5 Å². The van der Waals surface area contributed by atoms with Gasteiger partial charge in [-0.2, -0.15) is 0 Å². The van der Waals surface area contributed by atoms with Crippen molar-refractivity contribution in [1.82, 2.24) is 14.9 Å². The molecule has 0 radical (unpaired) electrons. The molecule has 0 fully saturated rings. The quantitative estimate of drug-likeness (QED) is 0.767. The first kappa shape index (κ1) is 17.7. The standard InChI is InChI=1S/C20H21N3O3/c1-4-23-18-10-7-15(11-17(18)22-13(2)20(23)25)19(24)21-12-14-5-8-16(26-3)9-6-14/h5-11H,4,12H2,1-3H3,(H,21,24). The highest BCUT2D eigenvalue weighted by Gasteiger charge is 2.11. The normalized spacial score (nSPS) is 10.7. The van der Waals surface area contributed by atoms with Crippen LogP contribution in [0.4, 0.5) is 0 Å². The first-order valence-corrected chi connectivity index (χ1v) is 8.45. The number of hydrogen-bond donors (Lipinski definition) is 1. The van der Waals surface area contributed by atoms with E-state index in [1.54, 1.807) is 36.8 Å². The van der Waals surface area contributed by atoms with Crippen molar-refractivity contribution >= 4 is 16.9 Å². The lowest BCUT2D eigenvalue weighted by Gasteiger charge is -2.10. The van der Waals surface area contributed by atoms with E-state index in [1.807, 2.05) is 31.2 Å². The number of hydrogen-bond acceptors (Lipinski definition) is 4. The molecular weight excluding hydrogens is 330 g/mol. The van der Waals surface area contributed by atoms with Crippen molar-refractivity contribution in [3.8, 4) is 5.75 Å². The van der Waals surface area contributed by atoms with Gasteiger partial charge in [-0.3, -0.25) is 9.59 Å². The molecule has 134 valence electrons. The maximum Gasteiger partial charge on any atom is 0.272 e. The Kier molecular flexibility index (Phi) is 5.02. The van der Waals surface area contributed by atoms with Gasteiger partial charge in [0.15, 0.2) is 0 Å². The van der Waals surface area contributed by atoms with E-state index in [-0.39, 0.29) is 11.5 Å². The zero-order valence-corrected chi connectivity index (χ0v) is 15.1. The minimum absolute atomic E-state index is 0.100. The predicted octanol–water partition coefficient (Wildman–Crippen LogP) is 2.66. The molecule has 0 atom stereocenters. The molecule has 0 aliphatic rings. The summed E-state index contributed by atoms with van der Waals surface area (Å²) in [7, 11) is 1.62. The Labute approximate surface area is 151 Å². The Hall–Kier alpha value is -3.15. The molecule has 6 heteroatoms. The van der Waals surface area contributed by atoms with Crippen LogP contribution >= 0.6 is 0 Å².